The Labute approximate surface area is 172 Å². The number of nitrogens with zero attached hydrogens (tertiary/aromatic N) is 2. The number of aryl methyl sites for hydroxylation is 1. The minimum Gasteiger partial charge on any atom is -0.381 e. The molecule has 29 heavy (non-hydrogen) atoms. The number of nitrogens with two attached hydrogens (primary N) is 1. The smallest absolute Gasteiger partial charge is 0.224 e. The summed E-state index contributed by atoms with van der Waals surface area (Å²) < 4.78 is 5.50. The fourth-order valence-corrected chi connectivity index (χ4v) is 4.56. The van der Waals surface area contributed by atoms with Gasteiger partial charge >= 0.3 is 0 Å². The molecule has 7 nitrogen and oxygen atoms in total. The number of aromatic nitrogens is 2. The van der Waals surface area contributed by atoms with Crippen LogP contribution < -0.4 is 11.1 Å². The van der Waals surface area contributed by atoms with Crippen molar-refractivity contribution >= 4 is 16.9 Å². The van der Waals surface area contributed by atoms with E-state index in [4.69, 9.17) is 10.5 Å². The zero-order valence-electron chi connectivity index (χ0n) is 17.3. The van der Waals surface area contributed by atoms with Crippen molar-refractivity contribution in [1.82, 2.24) is 20.2 Å². The third-order valence-corrected chi connectivity index (χ3v) is 6.24. The van der Waals surface area contributed by atoms with Gasteiger partial charge in [0.2, 0.25) is 5.91 Å². The molecule has 0 bridgehead atoms. The maximum atomic E-state index is 12.9. The third-order valence-electron chi connectivity index (χ3n) is 6.24. The highest BCUT2D eigenvalue weighted by Gasteiger charge is 2.31. The Bertz CT molecular complexity index is 830. The zero-order valence-corrected chi connectivity index (χ0v) is 17.3. The van der Waals surface area contributed by atoms with E-state index < -0.39 is 0 Å². The molecule has 2 fully saturated rings. The maximum Gasteiger partial charge on any atom is 0.224 e. The summed E-state index contributed by atoms with van der Waals surface area (Å²) in [5.41, 5.74) is 9.54. The predicted octanol–water partition coefficient (Wildman–Crippen LogP) is 1.75. The summed E-state index contributed by atoms with van der Waals surface area (Å²) in [6.07, 6.45) is 4.53. The van der Waals surface area contributed by atoms with Crippen molar-refractivity contribution in [1.29, 1.82) is 0 Å². The van der Waals surface area contributed by atoms with Gasteiger partial charge in [-0.3, -0.25) is 9.69 Å². The highest BCUT2D eigenvalue weighted by atomic mass is 16.5. The van der Waals surface area contributed by atoms with Gasteiger partial charge in [0.05, 0.1) is 17.0 Å². The third kappa shape index (κ3) is 5.15. The molecule has 0 unspecified atom stereocenters. The van der Waals surface area contributed by atoms with Gasteiger partial charge in [0.25, 0.3) is 0 Å². The van der Waals surface area contributed by atoms with Crippen molar-refractivity contribution in [3.05, 3.63) is 29.6 Å². The first-order valence-corrected chi connectivity index (χ1v) is 10.9. The van der Waals surface area contributed by atoms with Crippen molar-refractivity contribution in [3.8, 4) is 0 Å². The zero-order chi connectivity index (χ0) is 20.2. The van der Waals surface area contributed by atoms with E-state index in [2.05, 4.69) is 39.2 Å². The first-order valence-electron chi connectivity index (χ1n) is 10.9. The highest BCUT2D eigenvalue weighted by Crippen LogP contribution is 2.22. The van der Waals surface area contributed by atoms with E-state index in [1.807, 2.05) is 6.07 Å². The molecular weight excluding hydrogens is 366 g/mol. The van der Waals surface area contributed by atoms with Crippen LogP contribution in [0.3, 0.4) is 0 Å². The molecular formula is C22H33N5O2. The maximum absolute atomic E-state index is 12.9. The van der Waals surface area contributed by atoms with E-state index in [1.165, 1.54) is 5.56 Å². The van der Waals surface area contributed by atoms with Gasteiger partial charge in [0.15, 0.2) is 0 Å². The van der Waals surface area contributed by atoms with Crippen LogP contribution in [0, 0.1) is 12.8 Å². The van der Waals surface area contributed by atoms with Crippen molar-refractivity contribution in [3.63, 3.8) is 0 Å². The van der Waals surface area contributed by atoms with Gasteiger partial charge < -0.3 is 20.8 Å². The molecule has 7 heteroatoms. The molecule has 158 valence electrons. The number of ether oxygens (including phenoxy) is 1. The molecule has 0 saturated carbocycles. The fourth-order valence-electron chi connectivity index (χ4n) is 4.56. The Hall–Kier alpha value is -1.96. The number of hydrogen-bond donors (Lipinski definition) is 3. The number of aromatic amines is 1. The lowest BCUT2D eigenvalue weighted by Crippen LogP contribution is -2.47. The van der Waals surface area contributed by atoms with Gasteiger partial charge in [-0.05, 0) is 50.3 Å². The van der Waals surface area contributed by atoms with Crippen molar-refractivity contribution in [2.75, 3.05) is 32.8 Å². The number of imidazole rings is 1. The number of hydrogen-bond acceptors (Lipinski definition) is 5. The Balaban J connectivity index is 1.31. The summed E-state index contributed by atoms with van der Waals surface area (Å²) in [6.45, 7) is 5.97. The van der Waals surface area contributed by atoms with Crippen LogP contribution in [-0.4, -0.2) is 65.7 Å². The van der Waals surface area contributed by atoms with Gasteiger partial charge in [0.1, 0.15) is 5.82 Å². The molecule has 1 amide bonds. The van der Waals surface area contributed by atoms with Crippen LogP contribution in [0.4, 0.5) is 0 Å². The molecule has 0 spiro atoms. The SMILES string of the molecule is Cc1ccc2nc(CCNC(=O)[C@@H]3CC[C@H](N)CN(C4CCOCC4)C3)[nH]c2c1. The first kappa shape index (κ1) is 20.3. The van der Waals surface area contributed by atoms with E-state index in [0.29, 0.717) is 19.0 Å². The fraction of sp³-hybridized carbons (Fsp3) is 0.636. The number of likely N-dealkylation sites (tertiary alicyclic amines) is 1. The van der Waals surface area contributed by atoms with Crippen LogP contribution in [0.5, 0.6) is 0 Å². The molecule has 4 rings (SSSR count). The topological polar surface area (TPSA) is 96.3 Å². The van der Waals surface area contributed by atoms with Gasteiger partial charge in [-0.2, -0.15) is 0 Å². The number of H-pyrrole nitrogens is 1. The molecule has 2 aromatic rings. The van der Waals surface area contributed by atoms with Gasteiger partial charge in [-0.25, -0.2) is 4.98 Å². The van der Waals surface area contributed by atoms with E-state index in [0.717, 1.165) is 68.8 Å². The second-order valence-corrected chi connectivity index (χ2v) is 8.58. The second kappa shape index (κ2) is 9.24. The van der Waals surface area contributed by atoms with Gasteiger partial charge in [-0.15, -0.1) is 0 Å². The molecule has 3 heterocycles. The molecule has 0 aliphatic carbocycles. The average molecular weight is 400 g/mol. The molecule has 0 radical (unpaired) electrons. The van der Waals surface area contributed by atoms with Crippen LogP contribution in [0.2, 0.25) is 0 Å². The quantitative estimate of drug-likeness (QED) is 0.712. The number of benzene rings is 1. The molecule has 4 N–H and O–H groups in total. The molecule has 2 atom stereocenters. The van der Waals surface area contributed by atoms with E-state index in [-0.39, 0.29) is 17.9 Å². The van der Waals surface area contributed by atoms with Crippen molar-refractivity contribution < 1.29 is 9.53 Å². The Morgan fingerprint density at radius 3 is 2.93 bits per heavy atom. The van der Waals surface area contributed by atoms with Crippen LogP contribution >= 0.6 is 0 Å². The standard InChI is InChI=1S/C22H33N5O2/c1-15-2-5-19-20(12-15)26-21(25-19)6-9-24-22(28)16-3-4-17(23)14-27(13-16)18-7-10-29-11-8-18/h2,5,12,16-18H,3-4,6-11,13-14,23H2,1H3,(H,24,28)(H,25,26)/t16-,17+/m1/s1. The number of carbonyl (C=O) groups is 1. The largest absolute Gasteiger partial charge is 0.381 e. The van der Waals surface area contributed by atoms with Crippen LogP contribution in [-0.2, 0) is 16.0 Å². The summed E-state index contributed by atoms with van der Waals surface area (Å²) >= 11 is 0. The minimum absolute atomic E-state index is 0.00437. The predicted molar refractivity (Wildman–Crippen MR) is 114 cm³/mol. The first-order chi connectivity index (χ1) is 14.1. The summed E-state index contributed by atoms with van der Waals surface area (Å²) in [5, 5.41) is 3.13. The lowest BCUT2D eigenvalue weighted by molar-refractivity contribution is -0.125. The Morgan fingerprint density at radius 1 is 1.28 bits per heavy atom. The van der Waals surface area contributed by atoms with E-state index in [1.54, 1.807) is 0 Å². The number of nitrogens with one attached hydrogen (secondary N) is 2. The molecule has 2 aliphatic heterocycles. The lowest BCUT2D eigenvalue weighted by atomic mass is 10.0. The Morgan fingerprint density at radius 2 is 2.10 bits per heavy atom. The molecule has 1 aromatic heterocycles. The van der Waals surface area contributed by atoms with Crippen LogP contribution in [0.1, 0.15) is 37.1 Å². The molecule has 2 saturated heterocycles. The minimum atomic E-state index is 0.00437. The van der Waals surface area contributed by atoms with Crippen molar-refractivity contribution in [2.45, 2.75) is 51.1 Å². The van der Waals surface area contributed by atoms with Crippen LogP contribution in [0.15, 0.2) is 18.2 Å². The molecule has 2 aliphatic rings. The van der Waals surface area contributed by atoms with E-state index in [9.17, 15) is 4.79 Å². The number of amides is 1. The lowest BCUT2D eigenvalue weighted by Gasteiger charge is -2.35. The number of carbonyl (C=O) groups excluding carboxylic acids is 1. The van der Waals surface area contributed by atoms with Gasteiger partial charge in [-0.1, -0.05) is 6.07 Å². The molecule has 1 aromatic carbocycles. The monoisotopic (exact) mass is 399 g/mol. The van der Waals surface area contributed by atoms with E-state index >= 15 is 0 Å². The summed E-state index contributed by atoms with van der Waals surface area (Å²) in [7, 11) is 0. The second-order valence-electron chi connectivity index (χ2n) is 8.58. The van der Waals surface area contributed by atoms with Crippen molar-refractivity contribution in [2.24, 2.45) is 11.7 Å². The normalized spacial score (nSPS) is 24.5. The number of rotatable bonds is 5. The summed E-state index contributed by atoms with van der Waals surface area (Å²) in [6, 6.07) is 6.83. The Kier molecular flexibility index (Phi) is 6.47. The average Bonchev–Trinajstić information content (AvgIpc) is 3.01. The highest BCUT2D eigenvalue weighted by molar-refractivity contribution is 5.79. The summed E-state index contributed by atoms with van der Waals surface area (Å²) in [5.74, 6) is 1.06. The number of fused-ring (bicyclic) bond motifs is 1. The summed E-state index contributed by atoms with van der Waals surface area (Å²) in [4.78, 5) is 23.3. The van der Waals surface area contributed by atoms with Crippen LogP contribution in [0.25, 0.3) is 11.0 Å². The van der Waals surface area contributed by atoms with Gasteiger partial charge in [0, 0.05) is 51.4 Å².